The molecule has 0 saturated carbocycles. The Morgan fingerprint density at radius 3 is 2.35 bits per heavy atom. The van der Waals surface area contributed by atoms with Gasteiger partial charge in [0.25, 0.3) is 0 Å². The Hall–Kier alpha value is -1.60. The zero-order chi connectivity index (χ0) is 12.3. The van der Waals surface area contributed by atoms with Gasteiger partial charge < -0.3 is 5.73 Å². The highest BCUT2D eigenvalue weighted by molar-refractivity contribution is 5.36. The van der Waals surface area contributed by atoms with E-state index in [1.54, 1.807) is 0 Å². The Labute approximate surface area is 103 Å². The van der Waals surface area contributed by atoms with Gasteiger partial charge >= 0.3 is 0 Å². The molecule has 1 atom stereocenters. The summed E-state index contributed by atoms with van der Waals surface area (Å²) < 4.78 is 0. The average Bonchev–Trinajstić information content (AvgIpc) is 2.34. The molecule has 0 heterocycles. The molecule has 17 heavy (non-hydrogen) atoms. The van der Waals surface area contributed by atoms with Crippen molar-refractivity contribution in [3.8, 4) is 0 Å². The topological polar surface area (TPSA) is 26.0 Å². The molecular weight excluding hydrogens is 206 g/mol. The van der Waals surface area contributed by atoms with Crippen molar-refractivity contribution in [1.29, 1.82) is 0 Å². The van der Waals surface area contributed by atoms with Crippen LogP contribution in [0.25, 0.3) is 0 Å². The fraction of sp³-hybridized carbons (Fsp3) is 0.250. The third-order valence-corrected chi connectivity index (χ3v) is 3.34. The maximum absolute atomic E-state index is 6.30. The van der Waals surface area contributed by atoms with Crippen molar-refractivity contribution in [3.05, 3.63) is 70.8 Å². The van der Waals surface area contributed by atoms with Crippen LogP contribution in [0.15, 0.2) is 48.5 Å². The minimum absolute atomic E-state index is 0.0808. The lowest BCUT2D eigenvalue weighted by Gasteiger charge is -2.16. The zero-order valence-electron chi connectivity index (χ0n) is 10.5. The Balaban J connectivity index is 2.20. The summed E-state index contributed by atoms with van der Waals surface area (Å²) in [7, 11) is 0. The smallest absolute Gasteiger partial charge is 0.0338 e. The molecule has 1 heteroatoms. The van der Waals surface area contributed by atoms with Crippen LogP contribution < -0.4 is 5.73 Å². The maximum atomic E-state index is 6.30. The van der Waals surface area contributed by atoms with E-state index in [0.29, 0.717) is 0 Å². The van der Waals surface area contributed by atoms with E-state index >= 15 is 0 Å². The predicted molar refractivity (Wildman–Crippen MR) is 73.0 cm³/mol. The molecule has 0 saturated heterocycles. The lowest BCUT2D eigenvalue weighted by molar-refractivity contribution is 0.715. The number of rotatable bonds is 3. The van der Waals surface area contributed by atoms with Gasteiger partial charge in [0.1, 0.15) is 0 Å². The summed E-state index contributed by atoms with van der Waals surface area (Å²) in [6.07, 6.45) is 0.894. The fourth-order valence-corrected chi connectivity index (χ4v) is 2.15. The molecule has 0 radical (unpaired) electrons. The quantitative estimate of drug-likeness (QED) is 0.849. The third kappa shape index (κ3) is 2.75. The van der Waals surface area contributed by atoms with Gasteiger partial charge in [-0.05, 0) is 42.5 Å². The summed E-state index contributed by atoms with van der Waals surface area (Å²) in [5.74, 6) is 0. The van der Waals surface area contributed by atoms with Crippen molar-refractivity contribution in [3.63, 3.8) is 0 Å². The van der Waals surface area contributed by atoms with Crippen LogP contribution in [0.3, 0.4) is 0 Å². The second kappa shape index (κ2) is 5.15. The van der Waals surface area contributed by atoms with Crippen LogP contribution in [0.5, 0.6) is 0 Å². The molecule has 2 N–H and O–H groups in total. The van der Waals surface area contributed by atoms with E-state index in [2.05, 4.69) is 56.3 Å². The molecule has 0 aliphatic rings. The van der Waals surface area contributed by atoms with Gasteiger partial charge in [-0.1, -0.05) is 48.5 Å². The van der Waals surface area contributed by atoms with Crippen LogP contribution in [0.1, 0.15) is 28.3 Å². The van der Waals surface area contributed by atoms with E-state index < -0.39 is 0 Å². The van der Waals surface area contributed by atoms with Gasteiger partial charge in [-0.3, -0.25) is 0 Å². The summed E-state index contributed by atoms with van der Waals surface area (Å²) in [5.41, 5.74) is 11.5. The van der Waals surface area contributed by atoms with E-state index in [0.717, 1.165) is 6.42 Å². The fourth-order valence-electron chi connectivity index (χ4n) is 2.15. The van der Waals surface area contributed by atoms with Crippen molar-refractivity contribution in [2.75, 3.05) is 0 Å². The molecule has 0 bridgehead atoms. The van der Waals surface area contributed by atoms with Gasteiger partial charge in [-0.15, -0.1) is 0 Å². The first-order chi connectivity index (χ1) is 8.18. The van der Waals surface area contributed by atoms with Gasteiger partial charge in [0.05, 0.1) is 0 Å². The van der Waals surface area contributed by atoms with Crippen LogP contribution in [-0.4, -0.2) is 0 Å². The van der Waals surface area contributed by atoms with Gasteiger partial charge in [-0.25, -0.2) is 0 Å². The molecule has 0 spiro atoms. The summed E-state index contributed by atoms with van der Waals surface area (Å²) in [5, 5.41) is 0. The molecule has 0 aliphatic heterocycles. The summed E-state index contributed by atoms with van der Waals surface area (Å²) in [6.45, 7) is 4.28. The number of aryl methyl sites for hydroxylation is 1. The molecule has 1 unspecified atom stereocenters. The Bertz CT molecular complexity index is 488. The average molecular weight is 225 g/mol. The molecule has 2 aromatic rings. The summed E-state index contributed by atoms with van der Waals surface area (Å²) in [6, 6.07) is 16.9. The molecule has 2 aromatic carbocycles. The lowest BCUT2D eigenvalue weighted by atomic mass is 9.94. The monoisotopic (exact) mass is 225 g/mol. The molecule has 0 aliphatic carbocycles. The molecular formula is C16H19N. The van der Waals surface area contributed by atoms with E-state index in [1.165, 1.54) is 22.3 Å². The second-order valence-corrected chi connectivity index (χ2v) is 4.59. The predicted octanol–water partition coefficient (Wildman–Crippen LogP) is 3.55. The van der Waals surface area contributed by atoms with Crippen molar-refractivity contribution < 1.29 is 0 Å². The van der Waals surface area contributed by atoms with Crippen LogP contribution in [0.4, 0.5) is 0 Å². The largest absolute Gasteiger partial charge is 0.324 e. The SMILES string of the molecule is Cc1cccc(C(N)Cc2ccccc2)c1C. The highest BCUT2D eigenvalue weighted by Gasteiger charge is 2.10. The first-order valence-electron chi connectivity index (χ1n) is 6.04. The number of nitrogens with two attached hydrogens (primary N) is 1. The molecule has 0 amide bonds. The molecule has 1 nitrogen and oxygen atoms in total. The molecule has 0 fully saturated rings. The van der Waals surface area contributed by atoms with Gasteiger partial charge in [0.15, 0.2) is 0 Å². The van der Waals surface area contributed by atoms with Crippen LogP contribution in [0.2, 0.25) is 0 Å². The van der Waals surface area contributed by atoms with Gasteiger partial charge in [0, 0.05) is 6.04 Å². The highest BCUT2D eigenvalue weighted by atomic mass is 14.6. The number of hydrogen-bond acceptors (Lipinski definition) is 1. The van der Waals surface area contributed by atoms with Crippen LogP contribution in [0, 0.1) is 13.8 Å². The first kappa shape index (κ1) is 11.9. The second-order valence-electron chi connectivity index (χ2n) is 4.59. The standard InChI is InChI=1S/C16H19N/c1-12-7-6-10-15(13(12)2)16(17)11-14-8-4-3-5-9-14/h3-10,16H,11,17H2,1-2H3. The van der Waals surface area contributed by atoms with E-state index in [1.807, 2.05) is 6.07 Å². The molecule has 0 aromatic heterocycles. The van der Waals surface area contributed by atoms with Crippen LogP contribution >= 0.6 is 0 Å². The summed E-state index contributed by atoms with van der Waals surface area (Å²) in [4.78, 5) is 0. The Morgan fingerprint density at radius 2 is 1.65 bits per heavy atom. The number of benzene rings is 2. The molecule has 88 valence electrons. The van der Waals surface area contributed by atoms with Crippen molar-refractivity contribution in [1.82, 2.24) is 0 Å². The maximum Gasteiger partial charge on any atom is 0.0338 e. The highest BCUT2D eigenvalue weighted by Crippen LogP contribution is 2.21. The van der Waals surface area contributed by atoms with E-state index in [4.69, 9.17) is 5.73 Å². The normalized spacial score (nSPS) is 12.4. The lowest BCUT2D eigenvalue weighted by Crippen LogP contribution is -2.15. The molecule has 2 rings (SSSR count). The minimum atomic E-state index is 0.0808. The zero-order valence-corrected chi connectivity index (χ0v) is 10.5. The van der Waals surface area contributed by atoms with Crippen molar-refractivity contribution >= 4 is 0 Å². The van der Waals surface area contributed by atoms with Crippen molar-refractivity contribution in [2.24, 2.45) is 5.73 Å². The third-order valence-electron chi connectivity index (χ3n) is 3.34. The Kier molecular flexibility index (Phi) is 3.60. The van der Waals surface area contributed by atoms with Crippen molar-refractivity contribution in [2.45, 2.75) is 26.3 Å². The Morgan fingerprint density at radius 1 is 0.941 bits per heavy atom. The van der Waals surface area contributed by atoms with Gasteiger partial charge in [0.2, 0.25) is 0 Å². The minimum Gasteiger partial charge on any atom is -0.324 e. The van der Waals surface area contributed by atoms with E-state index in [-0.39, 0.29) is 6.04 Å². The van der Waals surface area contributed by atoms with E-state index in [9.17, 15) is 0 Å². The summed E-state index contributed by atoms with van der Waals surface area (Å²) >= 11 is 0. The first-order valence-corrected chi connectivity index (χ1v) is 6.04. The van der Waals surface area contributed by atoms with Gasteiger partial charge in [-0.2, -0.15) is 0 Å². The number of hydrogen-bond donors (Lipinski definition) is 1. The van der Waals surface area contributed by atoms with Crippen LogP contribution in [-0.2, 0) is 6.42 Å².